The fourth-order valence-electron chi connectivity index (χ4n) is 2.44. The van der Waals surface area contributed by atoms with Crippen molar-refractivity contribution in [1.82, 2.24) is 19.8 Å². The Morgan fingerprint density at radius 2 is 1.65 bits per heavy atom. The van der Waals surface area contributed by atoms with Gasteiger partial charge < -0.3 is 15.7 Å². The summed E-state index contributed by atoms with van der Waals surface area (Å²) in [5, 5.41) is 15.2. The van der Waals surface area contributed by atoms with Gasteiger partial charge in [0.1, 0.15) is 0 Å². The lowest BCUT2D eigenvalue weighted by atomic mass is 10.2. The molecular weight excluding hydrogens is 339 g/mol. The first-order valence-electron chi connectivity index (χ1n) is 7.32. The maximum Gasteiger partial charge on any atom is 0.328 e. The van der Waals surface area contributed by atoms with Gasteiger partial charge in [0.05, 0.1) is 17.6 Å². The summed E-state index contributed by atoms with van der Waals surface area (Å²) in [6.07, 6.45) is 1.02. The summed E-state index contributed by atoms with van der Waals surface area (Å²) in [4.78, 5) is 11.9. The molecule has 132 valence electrons. The van der Waals surface area contributed by atoms with E-state index in [1.807, 2.05) is 6.07 Å². The average Bonchev–Trinajstić information content (AvgIpc) is 2.71. The van der Waals surface area contributed by atoms with E-state index in [-0.39, 0.29) is 37.1 Å². The van der Waals surface area contributed by atoms with E-state index in [0.717, 1.165) is 37.1 Å². The van der Waals surface area contributed by atoms with Crippen LogP contribution in [0.1, 0.15) is 12.0 Å². The number of fused-ring (bicyclic) bond motifs is 1. The maximum absolute atomic E-state index is 11.9. The number of nitrogens with one attached hydrogen (secondary N) is 2. The average molecular weight is 365 g/mol. The highest BCUT2D eigenvalue weighted by Crippen LogP contribution is 2.13. The Labute approximate surface area is 148 Å². The third kappa shape index (κ3) is 5.51. The number of aryl methyl sites for hydroxylation is 2. The molecule has 0 saturated carbocycles. The second-order valence-corrected chi connectivity index (χ2v) is 5.23. The molecule has 0 radical (unpaired) electrons. The van der Waals surface area contributed by atoms with Gasteiger partial charge in [-0.3, -0.25) is 9.13 Å². The van der Waals surface area contributed by atoms with Crippen LogP contribution in [0.4, 0.5) is 0 Å². The molecule has 1 heterocycles. The van der Waals surface area contributed by atoms with Crippen molar-refractivity contribution in [2.75, 3.05) is 26.2 Å². The van der Waals surface area contributed by atoms with Gasteiger partial charge in [0.25, 0.3) is 0 Å². The molecule has 0 unspecified atom stereocenters. The summed E-state index contributed by atoms with van der Waals surface area (Å²) in [6.45, 7) is 3.45. The van der Waals surface area contributed by atoms with Crippen molar-refractivity contribution in [3.05, 3.63) is 34.2 Å². The molecule has 2 aromatic rings. The van der Waals surface area contributed by atoms with Gasteiger partial charge in [0.15, 0.2) is 0 Å². The van der Waals surface area contributed by atoms with Crippen molar-refractivity contribution in [3.8, 4) is 0 Å². The number of halogens is 2. The van der Waals surface area contributed by atoms with Crippen LogP contribution in [0.3, 0.4) is 0 Å². The largest absolute Gasteiger partial charge is 0.395 e. The SMILES string of the molecule is Cl.Cl.Cn1c(=O)n(C)c2cc(CNCCCNCCO)ccc21. The second-order valence-electron chi connectivity index (χ2n) is 5.23. The zero-order chi connectivity index (χ0) is 15.2. The first-order chi connectivity index (χ1) is 10.1. The summed E-state index contributed by atoms with van der Waals surface area (Å²) < 4.78 is 3.34. The number of aliphatic hydroxyl groups is 1. The lowest BCUT2D eigenvalue weighted by Gasteiger charge is -2.06. The number of hydrogen-bond acceptors (Lipinski definition) is 4. The molecule has 1 aromatic carbocycles. The van der Waals surface area contributed by atoms with E-state index >= 15 is 0 Å². The van der Waals surface area contributed by atoms with Crippen LogP contribution in [0.15, 0.2) is 23.0 Å². The fourth-order valence-corrected chi connectivity index (χ4v) is 2.44. The lowest BCUT2D eigenvalue weighted by molar-refractivity contribution is 0.292. The molecule has 0 saturated heterocycles. The van der Waals surface area contributed by atoms with Crippen molar-refractivity contribution in [1.29, 1.82) is 0 Å². The van der Waals surface area contributed by atoms with Crippen molar-refractivity contribution >= 4 is 35.8 Å². The molecule has 0 aliphatic carbocycles. The predicted molar refractivity (Wildman–Crippen MR) is 98.9 cm³/mol. The Bertz CT molecular complexity index is 655. The maximum atomic E-state index is 11.9. The number of rotatable bonds is 8. The summed E-state index contributed by atoms with van der Waals surface area (Å²) in [6, 6.07) is 6.11. The summed E-state index contributed by atoms with van der Waals surface area (Å²) in [5.74, 6) is 0. The van der Waals surface area contributed by atoms with Crippen molar-refractivity contribution < 1.29 is 5.11 Å². The molecule has 6 nitrogen and oxygen atoms in total. The number of benzene rings is 1. The first kappa shape index (κ1) is 21.9. The van der Waals surface area contributed by atoms with Gasteiger partial charge in [-0.15, -0.1) is 24.8 Å². The fraction of sp³-hybridized carbons (Fsp3) is 0.533. The Kier molecular flexibility index (Phi) is 10.2. The smallest absolute Gasteiger partial charge is 0.328 e. The third-order valence-corrected chi connectivity index (χ3v) is 3.66. The highest BCUT2D eigenvalue weighted by Gasteiger charge is 2.07. The van der Waals surface area contributed by atoms with E-state index in [1.165, 1.54) is 5.56 Å². The molecule has 2 rings (SSSR count). The summed E-state index contributed by atoms with van der Waals surface area (Å²) in [7, 11) is 3.59. The van der Waals surface area contributed by atoms with E-state index in [9.17, 15) is 4.79 Å². The zero-order valence-electron chi connectivity index (χ0n) is 13.5. The first-order valence-corrected chi connectivity index (χ1v) is 7.32. The molecule has 0 fully saturated rings. The van der Waals surface area contributed by atoms with Crippen molar-refractivity contribution in [2.45, 2.75) is 13.0 Å². The van der Waals surface area contributed by atoms with Crippen molar-refractivity contribution in [3.63, 3.8) is 0 Å². The number of aliphatic hydroxyl groups excluding tert-OH is 1. The van der Waals surface area contributed by atoms with Crippen molar-refractivity contribution in [2.24, 2.45) is 14.1 Å². The van der Waals surface area contributed by atoms with Gasteiger partial charge in [-0.2, -0.15) is 0 Å². The van der Waals surface area contributed by atoms with Crippen LogP contribution < -0.4 is 16.3 Å². The van der Waals surface area contributed by atoms with Crippen LogP contribution in [0, 0.1) is 0 Å². The minimum absolute atomic E-state index is 0. The molecule has 0 atom stereocenters. The molecule has 0 aliphatic rings. The van der Waals surface area contributed by atoms with E-state index < -0.39 is 0 Å². The molecule has 1 aromatic heterocycles. The van der Waals surface area contributed by atoms with Gasteiger partial charge in [0, 0.05) is 27.2 Å². The quantitative estimate of drug-likeness (QED) is 0.605. The van der Waals surface area contributed by atoms with E-state index in [4.69, 9.17) is 5.11 Å². The van der Waals surface area contributed by atoms with Gasteiger partial charge >= 0.3 is 5.69 Å². The highest BCUT2D eigenvalue weighted by atomic mass is 35.5. The number of hydrogen-bond donors (Lipinski definition) is 3. The van der Waals surface area contributed by atoms with Crippen LogP contribution in [0.2, 0.25) is 0 Å². The normalized spacial score (nSPS) is 10.4. The van der Waals surface area contributed by atoms with Gasteiger partial charge in [-0.25, -0.2) is 4.79 Å². The molecule has 3 N–H and O–H groups in total. The molecule has 8 heteroatoms. The van der Waals surface area contributed by atoms with Crippen LogP contribution in [0.5, 0.6) is 0 Å². The zero-order valence-corrected chi connectivity index (χ0v) is 15.2. The molecule has 0 bridgehead atoms. The number of nitrogens with zero attached hydrogens (tertiary/aromatic N) is 2. The summed E-state index contributed by atoms with van der Waals surface area (Å²) in [5.41, 5.74) is 3.10. The number of aromatic nitrogens is 2. The standard InChI is InChI=1S/C15H24N4O2.2ClH/c1-18-13-5-4-12(10-14(13)19(2)15(18)21)11-17-7-3-6-16-8-9-20;;/h4-5,10,16-17,20H,3,6-9,11H2,1-2H3;2*1H. The minimum atomic E-state index is 0. The third-order valence-electron chi connectivity index (χ3n) is 3.66. The Hall–Kier alpha value is -1.05. The predicted octanol–water partition coefficient (Wildman–Crippen LogP) is 0.782. The molecule has 0 spiro atoms. The van der Waals surface area contributed by atoms with Crippen LogP contribution in [-0.2, 0) is 20.6 Å². The van der Waals surface area contributed by atoms with Gasteiger partial charge in [-0.1, -0.05) is 6.07 Å². The summed E-state index contributed by atoms with van der Waals surface area (Å²) >= 11 is 0. The Morgan fingerprint density at radius 1 is 1.00 bits per heavy atom. The Morgan fingerprint density at radius 3 is 2.35 bits per heavy atom. The second kappa shape index (κ2) is 10.7. The molecule has 0 aliphatic heterocycles. The number of imidazole rings is 1. The van der Waals surface area contributed by atoms with Crippen LogP contribution >= 0.6 is 24.8 Å². The van der Waals surface area contributed by atoms with E-state index in [0.29, 0.717) is 6.54 Å². The van der Waals surface area contributed by atoms with E-state index in [1.54, 1.807) is 23.2 Å². The highest BCUT2D eigenvalue weighted by molar-refractivity contribution is 5.85. The van der Waals surface area contributed by atoms with E-state index in [2.05, 4.69) is 22.8 Å². The lowest BCUT2D eigenvalue weighted by Crippen LogP contribution is -2.23. The molecule has 0 amide bonds. The monoisotopic (exact) mass is 364 g/mol. The van der Waals surface area contributed by atoms with Crippen LogP contribution in [-0.4, -0.2) is 40.5 Å². The minimum Gasteiger partial charge on any atom is -0.395 e. The topological polar surface area (TPSA) is 71.2 Å². The molecule has 23 heavy (non-hydrogen) atoms. The van der Waals surface area contributed by atoms with Gasteiger partial charge in [-0.05, 0) is 37.2 Å². The molecular formula is C15H26Cl2N4O2. The van der Waals surface area contributed by atoms with Gasteiger partial charge in [0.2, 0.25) is 0 Å². The van der Waals surface area contributed by atoms with Crippen LogP contribution in [0.25, 0.3) is 11.0 Å². The Balaban J connectivity index is 0.00000242.